The number of H-pyrrole nitrogens is 1. The quantitative estimate of drug-likeness (QED) is 0.769. The number of rotatable bonds is 3. The van der Waals surface area contributed by atoms with Crippen LogP contribution in [0.4, 0.5) is 5.82 Å². The van der Waals surface area contributed by atoms with Gasteiger partial charge >= 0.3 is 5.69 Å². The highest BCUT2D eigenvalue weighted by molar-refractivity contribution is 9.10. The van der Waals surface area contributed by atoms with Gasteiger partial charge in [0, 0.05) is 17.1 Å². The Morgan fingerprint density at radius 2 is 2.25 bits per heavy atom. The van der Waals surface area contributed by atoms with Gasteiger partial charge in [-0.15, -0.1) is 0 Å². The third-order valence-corrected chi connectivity index (χ3v) is 3.43. The van der Waals surface area contributed by atoms with Gasteiger partial charge in [-0.1, -0.05) is 28.1 Å². The molecule has 20 heavy (non-hydrogen) atoms. The topological polar surface area (TPSA) is 75.1 Å². The van der Waals surface area contributed by atoms with Crippen molar-refractivity contribution in [3.05, 3.63) is 56.7 Å². The summed E-state index contributed by atoms with van der Waals surface area (Å²) in [6.07, 6.45) is 0. The molecule has 0 saturated heterocycles. The summed E-state index contributed by atoms with van der Waals surface area (Å²) < 4.78 is 2.47. The minimum absolute atomic E-state index is 0.275. The first-order chi connectivity index (χ1) is 9.63. The SMILES string of the molecule is Cc1nc(NCc2cccc(Br)c2)cc2n[nH]c(=O)n12. The normalized spacial score (nSPS) is 10.9. The molecule has 0 unspecified atom stereocenters. The van der Waals surface area contributed by atoms with E-state index in [1.54, 1.807) is 13.0 Å². The number of benzene rings is 1. The maximum absolute atomic E-state index is 11.5. The first-order valence-corrected chi connectivity index (χ1v) is 6.86. The molecule has 7 heteroatoms. The number of aromatic amines is 1. The van der Waals surface area contributed by atoms with Gasteiger partial charge in [0.25, 0.3) is 0 Å². The summed E-state index contributed by atoms with van der Waals surface area (Å²) in [7, 11) is 0. The van der Waals surface area contributed by atoms with Crippen LogP contribution in [-0.4, -0.2) is 19.6 Å². The molecule has 2 heterocycles. The summed E-state index contributed by atoms with van der Waals surface area (Å²) in [5.74, 6) is 1.28. The molecule has 0 aliphatic carbocycles. The molecule has 3 rings (SSSR count). The van der Waals surface area contributed by atoms with Crippen LogP contribution in [0.25, 0.3) is 5.65 Å². The average Bonchev–Trinajstić information content (AvgIpc) is 2.79. The van der Waals surface area contributed by atoms with Gasteiger partial charge in [0.15, 0.2) is 5.65 Å². The van der Waals surface area contributed by atoms with Crippen LogP contribution in [0.1, 0.15) is 11.4 Å². The lowest BCUT2D eigenvalue weighted by Crippen LogP contribution is -2.14. The summed E-state index contributed by atoms with van der Waals surface area (Å²) in [6.45, 7) is 2.42. The Morgan fingerprint density at radius 3 is 3.05 bits per heavy atom. The molecule has 1 aromatic carbocycles. The van der Waals surface area contributed by atoms with E-state index in [1.165, 1.54) is 4.40 Å². The van der Waals surface area contributed by atoms with E-state index in [2.05, 4.69) is 36.4 Å². The fourth-order valence-corrected chi connectivity index (χ4v) is 2.47. The van der Waals surface area contributed by atoms with Gasteiger partial charge in [0.05, 0.1) is 0 Å². The van der Waals surface area contributed by atoms with E-state index >= 15 is 0 Å². The van der Waals surface area contributed by atoms with Gasteiger partial charge in [-0.2, -0.15) is 5.10 Å². The number of anilines is 1. The third kappa shape index (κ3) is 2.44. The zero-order valence-corrected chi connectivity index (χ0v) is 12.3. The third-order valence-electron chi connectivity index (χ3n) is 2.93. The summed E-state index contributed by atoms with van der Waals surface area (Å²) >= 11 is 3.44. The molecular formula is C13H12BrN5O. The van der Waals surface area contributed by atoms with Crippen molar-refractivity contribution in [1.29, 1.82) is 0 Å². The monoisotopic (exact) mass is 333 g/mol. The lowest BCUT2D eigenvalue weighted by Gasteiger charge is -2.07. The smallest absolute Gasteiger partial charge is 0.349 e. The molecule has 0 radical (unpaired) electrons. The molecular weight excluding hydrogens is 322 g/mol. The molecule has 3 aromatic rings. The second-order valence-corrected chi connectivity index (χ2v) is 5.31. The lowest BCUT2D eigenvalue weighted by atomic mass is 10.2. The Hall–Kier alpha value is -2.15. The molecule has 0 bridgehead atoms. The van der Waals surface area contributed by atoms with Crippen molar-refractivity contribution in [2.75, 3.05) is 5.32 Å². The molecule has 6 nitrogen and oxygen atoms in total. The minimum Gasteiger partial charge on any atom is -0.366 e. The number of nitrogens with one attached hydrogen (secondary N) is 2. The Balaban J connectivity index is 1.86. The number of halogens is 1. The van der Waals surface area contributed by atoms with Crippen LogP contribution in [0.2, 0.25) is 0 Å². The van der Waals surface area contributed by atoms with Crippen LogP contribution in [0.15, 0.2) is 39.6 Å². The molecule has 2 N–H and O–H groups in total. The van der Waals surface area contributed by atoms with Crippen LogP contribution < -0.4 is 11.0 Å². The minimum atomic E-state index is -0.275. The predicted molar refractivity (Wildman–Crippen MR) is 79.8 cm³/mol. The summed E-state index contributed by atoms with van der Waals surface area (Å²) in [4.78, 5) is 15.9. The fraction of sp³-hybridized carbons (Fsp3) is 0.154. The van der Waals surface area contributed by atoms with Crippen molar-refractivity contribution >= 4 is 27.4 Å². The second-order valence-electron chi connectivity index (χ2n) is 4.39. The number of aromatic nitrogens is 4. The maximum Gasteiger partial charge on any atom is 0.349 e. The van der Waals surface area contributed by atoms with Gasteiger partial charge in [0.1, 0.15) is 11.6 Å². The summed E-state index contributed by atoms with van der Waals surface area (Å²) in [5.41, 5.74) is 1.42. The van der Waals surface area contributed by atoms with Crippen molar-refractivity contribution in [3.8, 4) is 0 Å². The van der Waals surface area contributed by atoms with E-state index < -0.39 is 0 Å². The van der Waals surface area contributed by atoms with Crippen molar-refractivity contribution in [2.24, 2.45) is 0 Å². The Bertz CT molecular complexity index is 823. The van der Waals surface area contributed by atoms with Crippen LogP contribution in [-0.2, 0) is 6.54 Å². The van der Waals surface area contributed by atoms with Gasteiger partial charge in [-0.3, -0.25) is 0 Å². The van der Waals surface area contributed by atoms with Crippen molar-refractivity contribution in [3.63, 3.8) is 0 Å². The standard InChI is InChI=1S/C13H12BrN5O/c1-8-16-11(6-12-17-18-13(20)19(8)12)15-7-9-3-2-4-10(14)5-9/h2-6,15H,7H2,1H3,(H,18,20). The molecule has 102 valence electrons. The van der Waals surface area contributed by atoms with Gasteiger partial charge in [-0.05, 0) is 24.6 Å². The predicted octanol–water partition coefficient (Wildman–Crippen LogP) is 2.10. The molecule has 0 spiro atoms. The van der Waals surface area contributed by atoms with E-state index in [9.17, 15) is 4.79 Å². The fourth-order valence-electron chi connectivity index (χ4n) is 2.03. The molecule has 0 aliphatic rings. The lowest BCUT2D eigenvalue weighted by molar-refractivity contribution is 0.931. The molecule has 0 amide bonds. The zero-order chi connectivity index (χ0) is 14.1. The van der Waals surface area contributed by atoms with E-state index in [4.69, 9.17) is 0 Å². The first-order valence-electron chi connectivity index (χ1n) is 6.06. The molecule has 0 atom stereocenters. The summed E-state index contributed by atoms with van der Waals surface area (Å²) in [5, 5.41) is 9.59. The number of aryl methyl sites for hydroxylation is 1. The Morgan fingerprint density at radius 1 is 1.40 bits per heavy atom. The molecule has 0 saturated carbocycles. The van der Waals surface area contributed by atoms with Gasteiger partial charge in [-0.25, -0.2) is 19.3 Å². The van der Waals surface area contributed by atoms with E-state index in [0.29, 0.717) is 23.8 Å². The van der Waals surface area contributed by atoms with E-state index in [0.717, 1.165) is 10.0 Å². The molecule has 0 fully saturated rings. The average molecular weight is 334 g/mol. The number of fused-ring (bicyclic) bond motifs is 1. The Labute approximate surface area is 123 Å². The molecule has 2 aromatic heterocycles. The second kappa shape index (κ2) is 5.09. The highest BCUT2D eigenvalue weighted by atomic mass is 79.9. The van der Waals surface area contributed by atoms with Gasteiger partial charge in [0.2, 0.25) is 0 Å². The summed E-state index contributed by atoms with van der Waals surface area (Å²) in [6, 6.07) is 9.77. The van der Waals surface area contributed by atoms with Crippen LogP contribution in [0, 0.1) is 6.92 Å². The van der Waals surface area contributed by atoms with Crippen LogP contribution >= 0.6 is 15.9 Å². The maximum atomic E-state index is 11.5. The van der Waals surface area contributed by atoms with Crippen molar-refractivity contribution in [2.45, 2.75) is 13.5 Å². The van der Waals surface area contributed by atoms with Crippen molar-refractivity contribution in [1.82, 2.24) is 19.6 Å². The highest BCUT2D eigenvalue weighted by Crippen LogP contribution is 2.14. The van der Waals surface area contributed by atoms with Gasteiger partial charge < -0.3 is 5.32 Å². The van der Waals surface area contributed by atoms with Crippen LogP contribution in [0.3, 0.4) is 0 Å². The van der Waals surface area contributed by atoms with E-state index in [1.807, 2.05) is 24.3 Å². The van der Waals surface area contributed by atoms with E-state index in [-0.39, 0.29) is 5.69 Å². The van der Waals surface area contributed by atoms with Crippen molar-refractivity contribution < 1.29 is 0 Å². The highest BCUT2D eigenvalue weighted by Gasteiger charge is 2.06. The zero-order valence-electron chi connectivity index (χ0n) is 10.7. The number of hydrogen-bond donors (Lipinski definition) is 2. The number of hydrogen-bond acceptors (Lipinski definition) is 4. The Kier molecular flexibility index (Phi) is 3.27. The number of nitrogens with zero attached hydrogens (tertiary/aromatic N) is 3. The first kappa shape index (κ1) is 12.9. The van der Waals surface area contributed by atoms with Crippen LogP contribution in [0.5, 0.6) is 0 Å². The molecule has 0 aliphatic heterocycles. The largest absolute Gasteiger partial charge is 0.366 e.